The first-order valence-electron chi connectivity index (χ1n) is 10.8. The van der Waals surface area contributed by atoms with Gasteiger partial charge in [0.05, 0.1) is 19.3 Å². The standard InChI is InChI=1S/C24H28N4O3/c1-30-19-5-6-20-17(12-19)13-21(26-20)24(29)27-10-7-18(8-11-27)28-15-22(31-2)23(28)16-4-3-9-25-14-16/h3-6,9,12-14,18,22-23,26H,7-8,10-11,15H2,1-2H3. The number of pyridine rings is 1. The van der Waals surface area contributed by atoms with Crippen molar-refractivity contribution in [2.45, 2.75) is 31.0 Å². The van der Waals surface area contributed by atoms with Crippen LogP contribution < -0.4 is 4.74 Å². The lowest BCUT2D eigenvalue weighted by Gasteiger charge is -2.52. The molecular weight excluding hydrogens is 392 g/mol. The van der Waals surface area contributed by atoms with E-state index in [9.17, 15) is 4.79 Å². The van der Waals surface area contributed by atoms with Crippen LogP contribution in [0.25, 0.3) is 10.9 Å². The number of likely N-dealkylation sites (tertiary alicyclic amines) is 2. The maximum Gasteiger partial charge on any atom is 0.270 e. The molecule has 1 aromatic carbocycles. The van der Waals surface area contributed by atoms with E-state index in [1.165, 1.54) is 5.56 Å². The number of rotatable bonds is 5. The Balaban J connectivity index is 1.24. The Kier molecular flexibility index (Phi) is 5.38. The molecule has 31 heavy (non-hydrogen) atoms. The van der Waals surface area contributed by atoms with Gasteiger partial charge in [0.2, 0.25) is 0 Å². The van der Waals surface area contributed by atoms with Crippen LogP contribution >= 0.6 is 0 Å². The van der Waals surface area contributed by atoms with E-state index < -0.39 is 0 Å². The molecule has 0 saturated carbocycles. The molecule has 2 atom stereocenters. The van der Waals surface area contributed by atoms with E-state index in [1.54, 1.807) is 20.4 Å². The summed E-state index contributed by atoms with van der Waals surface area (Å²) in [5.74, 6) is 0.856. The number of amides is 1. The Morgan fingerprint density at radius 2 is 2.00 bits per heavy atom. The van der Waals surface area contributed by atoms with Crippen molar-refractivity contribution in [3.8, 4) is 5.75 Å². The van der Waals surface area contributed by atoms with E-state index in [1.807, 2.05) is 41.4 Å². The molecule has 1 N–H and O–H groups in total. The van der Waals surface area contributed by atoms with Gasteiger partial charge in [-0.25, -0.2) is 0 Å². The van der Waals surface area contributed by atoms with Gasteiger partial charge in [-0.05, 0) is 48.7 Å². The third-order valence-electron chi connectivity index (χ3n) is 6.71. The van der Waals surface area contributed by atoms with Gasteiger partial charge >= 0.3 is 0 Å². The lowest BCUT2D eigenvalue weighted by molar-refractivity contribution is -0.115. The minimum Gasteiger partial charge on any atom is -0.497 e. The van der Waals surface area contributed by atoms with Gasteiger partial charge in [0.15, 0.2) is 0 Å². The van der Waals surface area contributed by atoms with Crippen LogP contribution in [0.5, 0.6) is 5.75 Å². The average Bonchev–Trinajstić information content (AvgIpc) is 3.23. The summed E-state index contributed by atoms with van der Waals surface area (Å²) in [7, 11) is 3.43. The van der Waals surface area contributed by atoms with Crippen LogP contribution in [0.1, 0.15) is 34.9 Å². The molecule has 2 unspecified atom stereocenters. The largest absolute Gasteiger partial charge is 0.497 e. The zero-order chi connectivity index (χ0) is 21.4. The van der Waals surface area contributed by atoms with Gasteiger partial charge in [-0.3, -0.25) is 14.7 Å². The molecule has 7 heteroatoms. The molecule has 1 amide bonds. The van der Waals surface area contributed by atoms with Crippen molar-refractivity contribution in [3.63, 3.8) is 0 Å². The van der Waals surface area contributed by atoms with Crippen molar-refractivity contribution >= 4 is 16.8 Å². The number of H-pyrrole nitrogens is 1. The molecule has 5 rings (SSSR count). The molecule has 2 aromatic heterocycles. The molecule has 2 aliphatic rings. The van der Waals surface area contributed by atoms with Crippen LogP contribution in [0.3, 0.4) is 0 Å². The number of nitrogens with one attached hydrogen (secondary N) is 1. The van der Waals surface area contributed by atoms with Gasteiger partial charge in [-0.1, -0.05) is 6.07 Å². The fourth-order valence-electron chi connectivity index (χ4n) is 4.96. The second-order valence-electron chi connectivity index (χ2n) is 8.36. The monoisotopic (exact) mass is 420 g/mol. The summed E-state index contributed by atoms with van der Waals surface area (Å²) in [5.41, 5.74) is 2.79. The van der Waals surface area contributed by atoms with Gasteiger partial charge in [0.1, 0.15) is 11.4 Å². The molecule has 2 saturated heterocycles. The van der Waals surface area contributed by atoms with Crippen LogP contribution in [0.2, 0.25) is 0 Å². The van der Waals surface area contributed by atoms with Gasteiger partial charge < -0.3 is 19.4 Å². The summed E-state index contributed by atoms with van der Waals surface area (Å²) in [6.07, 6.45) is 5.87. The molecule has 2 fully saturated rings. The van der Waals surface area contributed by atoms with E-state index in [-0.39, 0.29) is 18.1 Å². The Labute approximate surface area is 182 Å². The fourth-order valence-corrected chi connectivity index (χ4v) is 4.96. The molecule has 4 heterocycles. The van der Waals surface area contributed by atoms with E-state index in [0.29, 0.717) is 11.7 Å². The molecule has 3 aromatic rings. The first kappa shape index (κ1) is 20.0. The summed E-state index contributed by atoms with van der Waals surface area (Å²) in [6, 6.07) is 12.5. The van der Waals surface area contributed by atoms with E-state index in [4.69, 9.17) is 9.47 Å². The second-order valence-corrected chi connectivity index (χ2v) is 8.36. The summed E-state index contributed by atoms with van der Waals surface area (Å²) in [5, 5.41) is 0.989. The fraction of sp³-hybridized carbons (Fsp3) is 0.417. The molecule has 0 aliphatic carbocycles. The van der Waals surface area contributed by atoms with Crippen molar-refractivity contribution in [2.24, 2.45) is 0 Å². The quantitative estimate of drug-likeness (QED) is 0.686. The van der Waals surface area contributed by atoms with E-state index in [0.717, 1.165) is 49.1 Å². The highest BCUT2D eigenvalue weighted by Gasteiger charge is 2.44. The third-order valence-corrected chi connectivity index (χ3v) is 6.71. The first-order valence-corrected chi connectivity index (χ1v) is 10.8. The number of aromatic nitrogens is 2. The molecule has 0 bridgehead atoms. The van der Waals surface area contributed by atoms with Gasteiger partial charge in [0, 0.05) is 56.1 Å². The van der Waals surface area contributed by atoms with E-state index in [2.05, 4.69) is 20.9 Å². The predicted molar refractivity (Wildman–Crippen MR) is 118 cm³/mol. The minimum absolute atomic E-state index is 0.0656. The molecular formula is C24H28N4O3. The molecule has 0 radical (unpaired) electrons. The van der Waals surface area contributed by atoms with Crippen molar-refractivity contribution < 1.29 is 14.3 Å². The highest BCUT2D eigenvalue weighted by atomic mass is 16.5. The second kappa shape index (κ2) is 8.32. The van der Waals surface area contributed by atoms with Crippen molar-refractivity contribution in [3.05, 3.63) is 60.0 Å². The Morgan fingerprint density at radius 1 is 1.16 bits per heavy atom. The van der Waals surface area contributed by atoms with Crippen LogP contribution in [-0.2, 0) is 4.74 Å². The van der Waals surface area contributed by atoms with Crippen LogP contribution in [0.15, 0.2) is 48.8 Å². The van der Waals surface area contributed by atoms with Crippen LogP contribution in [0.4, 0.5) is 0 Å². The lowest BCUT2D eigenvalue weighted by atomic mass is 9.87. The number of carbonyl (C=O) groups excluding carboxylic acids is 1. The zero-order valence-electron chi connectivity index (χ0n) is 18.0. The predicted octanol–water partition coefficient (Wildman–Crippen LogP) is 3.25. The number of piperidine rings is 1. The van der Waals surface area contributed by atoms with Gasteiger partial charge in [0.25, 0.3) is 5.91 Å². The number of benzene rings is 1. The summed E-state index contributed by atoms with van der Waals surface area (Å²) in [4.78, 5) is 25.1. The maximum atomic E-state index is 13.1. The highest BCUT2D eigenvalue weighted by Crippen LogP contribution is 2.39. The number of hydrogen-bond donors (Lipinski definition) is 1. The lowest BCUT2D eigenvalue weighted by Crippen LogP contribution is -2.60. The Hall–Kier alpha value is -2.90. The topological polar surface area (TPSA) is 70.7 Å². The SMILES string of the molecule is COc1ccc2[nH]c(C(=O)N3CCC(N4CC(OC)C4c4cccnc4)CC3)cc2c1. The number of carbonyl (C=O) groups is 1. The highest BCUT2D eigenvalue weighted by molar-refractivity contribution is 5.98. The zero-order valence-corrected chi connectivity index (χ0v) is 18.0. The number of methoxy groups -OCH3 is 2. The number of hydrogen-bond acceptors (Lipinski definition) is 5. The molecule has 2 aliphatic heterocycles. The number of ether oxygens (including phenoxy) is 2. The maximum absolute atomic E-state index is 13.1. The van der Waals surface area contributed by atoms with Crippen molar-refractivity contribution in [2.75, 3.05) is 33.9 Å². The number of nitrogens with zero attached hydrogens (tertiary/aromatic N) is 3. The number of aromatic amines is 1. The summed E-state index contributed by atoms with van der Waals surface area (Å²) >= 11 is 0. The van der Waals surface area contributed by atoms with Crippen LogP contribution in [-0.4, -0.2) is 71.7 Å². The molecule has 7 nitrogen and oxygen atoms in total. The van der Waals surface area contributed by atoms with Gasteiger partial charge in [-0.15, -0.1) is 0 Å². The molecule has 0 spiro atoms. The van der Waals surface area contributed by atoms with E-state index >= 15 is 0 Å². The summed E-state index contributed by atoms with van der Waals surface area (Å²) in [6.45, 7) is 2.45. The summed E-state index contributed by atoms with van der Waals surface area (Å²) < 4.78 is 11.0. The third kappa shape index (κ3) is 3.68. The van der Waals surface area contributed by atoms with Gasteiger partial charge in [-0.2, -0.15) is 0 Å². The Morgan fingerprint density at radius 3 is 2.71 bits per heavy atom. The Bertz CT molecular complexity index is 1060. The smallest absolute Gasteiger partial charge is 0.270 e. The minimum atomic E-state index is 0.0656. The van der Waals surface area contributed by atoms with Crippen molar-refractivity contribution in [1.29, 1.82) is 0 Å². The number of fused-ring (bicyclic) bond motifs is 1. The average molecular weight is 421 g/mol. The molecule has 162 valence electrons. The van der Waals surface area contributed by atoms with Crippen LogP contribution in [0, 0.1) is 0 Å². The van der Waals surface area contributed by atoms with Crippen molar-refractivity contribution in [1.82, 2.24) is 19.8 Å². The first-order chi connectivity index (χ1) is 15.2. The normalized spacial score (nSPS) is 22.5.